The van der Waals surface area contributed by atoms with Crippen LogP contribution in [0.5, 0.6) is 0 Å². The molecule has 0 spiro atoms. The summed E-state index contributed by atoms with van der Waals surface area (Å²) in [6.45, 7) is 6.25. The first-order valence-electron chi connectivity index (χ1n) is 26.0. The third-order valence-electron chi connectivity index (χ3n) is 11.7. The van der Waals surface area contributed by atoms with Gasteiger partial charge in [-0.05, 0) is 70.6 Å². The first-order valence-corrected chi connectivity index (χ1v) is 26.0. The quantitative estimate of drug-likeness (QED) is 0.0245. The van der Waals surface area contributed by atoms with Crippen molar-refractivity contribution in [2.75, 3.05) is 6.61 Å². The molecule has 3 atom stereocenters. The summed E-state index contributed by atoms with van der Waals surface area (Å²) in [5.41, 5.74) is 0. The van der Waals surface area contributed by atoms with E-state index < -0.39 is 18.2 Å². The van der Waals surface area contributed by atoms with Crippen LogP contribution in [-0.4, -0.2) is 46.9 Å². The Morgan fingerprint density at radius 2 is 0.967 bits per heavy atom. The van der Waals surface area contributed by atoms with E-state index in [1.54, 1.807) is 0 Å². The molecule has 6 nitrogen and oxygen atoms in total. The maximum atomic E-state index is 13.2. The minimum absolute atomic E-state index is 0.0621. The number of allylic oxidation sites excluding steroid dienone is 10. The van der Waals surface area contributed by atoms with E-state index in [0.717, 1.165) is 89.9 Å². The number of aliphatic hydroxyl groups excluding tert-OH is 2. The van der Waals surface area contributed by atoms with Crippen molar-refractivity contribution in [3.8, 4) is 0 Å². The molecule has 0 saturated carbocycles. The summed E-state index contributed by atoms with van der Waals surface area (Å²) < 4.78 is 5.92. The summed E-state index contributed by atoms with van der Waals surface area (Å²) in [6.07, 6.45) is 59.9. The molecule has 6 heteroatoms. The molecule has 0 heterocycles. The first kappa shape index (κ1) is 58.6. The van der Waals surface area contributed by atoms with Gasteiger partial charge in [0.2, 0.25) is 5.91 Å². The number of esters is 1. The van der Waals surface area contributed by atoms with Crippen LogP contribution in [-0.2, 0) is 14.3 Å². The van der Waals surface area contributed by atoms with E-state index in [1.165, 1.54) is 116 Å². The summed E-state index contributed by atoms with van der Waals surface area (Å²) in [4.78, 5) is 26.1. The Bertz CT molecular complexity index is 1090. The molecule has 0 aliphatic heterocycles. The highest BCUT2D eigenvalue weighted by Crippen LogP contribution is 2.18. The minimum atomic E-state index is -0.795. The molecule has 0 rings (SSSR count). The van der Waals surface area contributed by atoms with Crippen LogP contribution in [0.4, 0.5) is 0 Å². The van der Waals surface area contributed by atoms with E-state index in [1.807, 2.05) is 0 Å². The Labute approximate surface area is 378 Å². The topological polar surface area (TPSA) is 95.9 Å². The highest BCUT2D eigenvalue weighted by molar-refractivity contribution is 5.77. The molecule has 3 unspecified atom stereocenters. The fourth-order valence-electron chi connectivity index (χ4n) is 7.76. The lowest BCUT2D eigenvalue weighted by Crippen LogP contribution is -2.46. The zero-order valence-electron chi connectivity index (χ0n) is 40.3. The predicted molar refractivity (Wildman–Crippen MR) is 264 cm³/mol. The molecule has 354 valence electrons. The number of hydrogen-bond acceptors (Lipinski definition) is 5. The summed E-state index contributed by atoms with van der Waals surface area (Å²) >= 11 is 0. The Morgan fingerprint density at radius 1 is 0.508 bits per heavy atom. The van der Waals surface area contributed by atoms with Gasteiger partial charge in [-0.3, -0.25) is 9.59 Å². The molecule has 0 aliphatic carbocycles. The fourth-order valence-corrected chi connectivity index (χ4v) is 7.76. The zero-order valence-corrected chi connectivity index (χ0v) is 40.3. The van der Waals surface area contributed by atoms with Gasteiger partial charge >= 0.3 is 5.97 Å². The molecule has 0 aromatic carbocycles. The number of carbonyl (C=O) groups is 2. The minimum Gasteiger partial charge on any atom is -0.462 e. The Hall–Kier alpha value is -2.44. The molecule has 3 N–H and O–H groups in total. The lowest BCUT2D eigenvalue weighted by molar-refractivity contribution is -0.151. The molecule has 0 radical (unpaired) electrons. The van der Waals surface area contributed by atoms with Crippen molar-refractivity contribution in [3.63, 3.8) is 0 Å². The SMILES string of the molecule is CC/C=C/C=C/C=C/CCCCCCCCCC(=O)OC(CCCCCCC/C=C/C/C=C/CC)CC(=O)NC(CO)C(O)CCCCCCCCCCCCCCCCC. The lowest BCUT2D eigenvalue weighted by Gasteiger charge is -2.24. The summed E-state index contributed by atoms with van der Waals surface area (Å²) in [7, 11) is 0. The van der Waals surface area contributed by atoms with Crippen molar-refractivity contribution in [1.29, 1.82) is 0 Å². The monoisotopic (exact) mass is 854 g/mol. The van der Waals surface area contributed by atoms with Gasteiger partial charge in [0.15, 0.2) is 0 Å². The van der Waals surface area contributed by atoms with E-state index in [-0.39, 0.29) is 24.9 Å². The highest BCUT2D eigenvalue weighted by Gasteiger charge is 2.24. The number of carbonyl (C=O) groups excluding carboxylic acids is 2. The van der Waals surface area contributed by atoms with Crippen LogP contribution in [0.1, 0.15) is 252 Å². The van der Waals surface area contributed by atoms with E-state index in [2.05, 4.69) is 86.8 Å². The van der Waals surface area contributed by atoms with E-state index in [0.29, 0.717) is 19.3 Å². The molecule has 0 bridgehead atoms. The van der Waals surface area contributed by atoms with Crippen molar-refractivity contribution in [3.05, 3.63) is 60.8 Å². The van der Waals surface area contributed by atoms with Crippen LogP contribution in [0.25, 0.3) is 0 Å². The van der Waals surface area contributed by atoms with Crippen LogP contribution in [0.3, 0.4) is 0 Å². The molecular weight excluding hydrogens is 755 g/mol. The molecule has 0 aromatic rings. The van der Waals surface area contributed by atoms with Gasteiger partial charge in [0.1, 0.15) is 6.10 Å². The second-order valence-electron chi connectivity index (χ2n) is 17.6. The third kappa shape index (κ3) is 44.0. The Morgan fingerprint density at radius 3 is 1.51 bits per heavy atom. The molecule has 0 aliphatic rings. The Balaban J connectivity index is 4.55. The number of ether oxygens (including phenoxy) is 1. The van der Waals surface area contributed by atoms with Crippen LogP contribution in [0.15, 0.2) is 60.8 Å². The molecule has 1 amide bonds. The second kappa shape index (κ2) is 48.6. The zero-order chi connectivity index (χ0) is 44.5. The third-order valence-corrected chi connectivity index (χ3v) is 11.7. The smallest absolute Gasteiger partial charge is 0.306 e. The average Bonchev–Trinajstić information content (AvgIpc) is 3.25. The van der Waals surface area contributed by atoms with Crippen molar-refractivity contribution < 1.29 is 24.5 Å². The van der Waals surface area contributed by atoms with Crippen LogP contribution >= 0.6 is 0 Å². The maximum Gasteiger partial charge on any atom is 0.306 e. The first-order chi connectivity index (χ1) is 30.0. The number of rotatable bonds is 46. The highest BCUT2D eigenvalue weighted by atomic mass is 16.5. The van der Waals surface area contributed by atoms with Gasteiger partial charge in [0.05, 0.1) is 25.2 Å². The van der Waals surface area contributed by atoms with Crippen molar-refractivity contribution in [1.82, 2.24) is 5.32 Å². The molecule has 61 heavy (non-hydrogen) atoms. The van der Waals surface area contributed by atoms with Crippen molar-refractivity contribution in [2.45, 2.75) is 270 Å². The average molecular weight is 854 g/mol. The molecule has 0 saturated heterocycles. The van der Waals surface area contributed by atoms with Crippen molar-refractivity contribution in [2.24, 2.45) is 0 Å². The number of aliphatic hydroxyl groups is 2. The summed E-state index contributed by atoms with van der Waals surface area (Å²) in [5.74, 6) is -0.500. The Kier molecular flexibility index (Phi) is 46.6. The normalized spacial score (nSPS) is 13.7. The van der Waals surface area contributed by atoms with Crippen molar-refractivity contribution >= 4 is 11.9 Å². The standard InChI is InChI=1S/C55H99NO5/c1-4-7-10-13-16-19-22-25-27-29-32-35-38-41-44-47-53(58)52(50-57)56-54(59)49-51(46-43-40-37-34-31-24-21-18-15-12-9-6-3)61-55(60)48-45-42-39-36-33-30-28-26-23-20-17-14-11-8-5-2/h8-9,11-12,14,17-18,20-21,23,51-53,57-58H,4-7,10,13,15-16,19,22,24-50H2,1-3H3,(H,56,59)/b11-8+,12-9+,17-14+,21-18+,23-20+. The second-order valence-corrected chi connectivity index (χ2v) is 17.6. The maximum absolute atomic E-state index is 13.2. The largest absolute Gasteiger partial charge is 0.462 e. The summed E-state index contributed by atoms with van der Waals surface area (Å²) in [6, 6.07) is -0.709. The van der Waals surface area contributed by atoms with Gasteiger partial charge in [0, 0.05) is 6.42 Å². The number of amides is 1. The van der Waals surface area contributed by atoms with E-state index in [4.69, 9.17) is 4.74 Å². The fraction of sp³-hybridized carbons (Fsp3) is 0.782. The van der Waals surface area contributed by atoms with Crippen LogP contribution in [0.2, 0.25) is 0 Å². The molecular formula is C55H99NO5. The van der Waals surface area contributed by atoms with Gasteiger partial charge in [-0.2, -0.15) is 0 Å². The molecule has 0 fully saturated rings. The van der Waals surface area contributed by atoms with E-state index in [9.17, 15) is 19.8 Å². The van der Waals surface area contributed by atoms with Gasteiger partial charge in [-0.15, -0.1) is 0 Å². The van der Waals surface area contributed by atoms with Crippen LogP contribution < -0.4 is 5.32 Å². The predicted octanol–water partition coefficient (Wildman–Crippen LogP) is 15.6. The van der Waals surface area contributed by atoms with Gasteiger partial charge in [0.25, 0.3) is 0 Å². The molecule has 0 aromatic heterocycles. The van der Waals surface area contributed by atoms with Crippen LogP contribution in [0, 0.1) is 0 Å². The van der Waals surface area contributed by atoms with Gasteiger partial charge in [-0.25, -0.2) is 0 Å². The summed E-state index contributed by atoms with van der Waals surface area (Å²) in [5, 5.41) is 23.8. The lowest BCUT2D eigenvalue weighted by atomic mass is 10.0. The number of hydrogen-bond donors (Lipinski definition) is 3. The number of unbranched alkanes of at least 4 members (excludes halogenated alkanes) is 26. The van der Waals surface area contributed by atoms with E-state index >= 15 is 0 Å². The van der Waals surface area contributed by atoms with Gasteiger partial charge in [-0.1, -0.05) is 229 Å². The van der Waals surface area contributed by atoms with Gasteiger partial charge < -0.3 is 20.3 Å². The number of nitrogens with one attached hydrogen (secondary N) is 1.